The maximum atomic E-state index is 14.0. The van der Waals surface area contributed by atoms with Crippen molar-refractivity contribution in [2.24, 2.45) is 5.41 Å². The lowest BCUT2D eigenvalue weighted by Crippen LogP contribution is -2.49. The van der Waals surface area contributed by atoms with E-state index in [1.54, 1.807) is 13.3 Å². The summed E-state index contributed by atoms with van der Waals surface area (Å²) in [5.74, 6) is -3.13. The van der Waals surface area contributed by atoms with Crippen LogP contribution in [0.1, 0.15) is 42.9 Å². The first-order valence-electron chi connectivity index (χ1n) is 15.2. The van der Waals surface area contributed by atoms with Gasteiger partial charge in [0.15, 0.2) is 11.6 Å². The Bertz CT molecular complexity index is 1480. The van der Waals surface area contributed by atoms with Crippen molar-refractivity contribution in [3.63, 3.8) is 0 Å². The summed E-state index contributed by atoms with van der Waals surface area (Å²) in [6.07, 6.45) is 2.32. The van der Waals surface area contributed by atoms with Crippen molar-refractivity contribution >= 4 is 22.5 Å². The molecule has 244 valence electrons. The molecule has 0 bridgehead atoms. The van der Waals surface area contributed by atoms with E-state index in [-0.39, 0.29) is 18.7 Å². The number of anilines is 1. The fourth-order valence-corrected chi connectivity index (χ4v) is 6.38. The molecule has 45 heavy (non-hydrogen) atoms. The first-order chi connectivity index (χ1) is 21.7. The number of likely N-dealkylation sites (tertiary alicyclic amines) is 1. The van der Waals surface area contributed by atoms with Crippen molar-refractivity contribution < 1.29 is 37.8 Å². The molecule has 0 radical (unpaired) electrons. The highest BCUT2D eigenvalue weighted by molar-refractivity contribution is 5.85. The third-order valence-corrected chi connectivity index (χ3v) is 9.06. The molecule has 1 atom stereocenters. The number of nitrogens with one attached hydrogen (secondary N) is 2. The summed E-state index contributed by atoms with van der Waals surface area (Å²) in [5, 5.41) is 24.9. The molecule has 0 aliphatic carbocycles. The van der Waals surface area contributed by atoms with Gasteiger partial charge in [0, 0.05) is 56.4 Å². The standard InChI is InChI=1S/C32H40F3N5O5/c1-44-23-2-3-26-24(18-23)29(21(19-37-26)20-40-12-14-45-15-13-40)28(41)4-5-32(31(42)38-43)6-9-39(10-7-32)11-8-36-27-17-22(33)16-25(34)30(27)35/h2-3,16-19,28,36,41,43H,4-15,20H2,1H3,(H,38,42)/t28-/m1/s1. The van der Waals surface area contributed by atoms with Crippen LogP contribution in [0.25, 0.3) is 10.9 Å². The van der Waals surface area contributed by atoms with Crippen LogP contribution >= 0.6 is 0 Å². The number of rotatable bonds is 12. The number of aromatic nitrogens is 1. The molecular weight excluding hydrogens is 591 g/mol. The minimum Gasteiger partial charge on any atom is -0.497 e. The highest BCUT2D eigenvalue weighted by Crippen LogP contribution is 2.40. The Morgan fingerprint density at radius 1 is 1.11 bits per heavy atom. The fraction of sp³-hybridized carbons (Fsp3) is 0.500. The number of carbonyl (C=O) groups excluding carboxylic acids is 1. The van der Waals surface area contributed by atoms with Gasteiger partial charge in [-0.3, -0.25) is 19.9 Å². The molecule has 2 aliphatic heterocycles. The van der Waals surface area contributed by atoms with Gasteiger partial charge in [0.25, 0.3) is 0 Å². The topological polar surface area (TPSA) is 119 Å². The van der Waals surface area contributed by atoms with Crippen LogP contribution in [0.3, 0.4) is 0 Å². The van der Waals surface area contributed by atoms with Crippen molar-refractivity contribution in [1.82, 2.24) is 20.3 Å². The zero-order chi connectivity index (χ0) is 32.0. The third-order valence-electron chi connectivity index (χ3n) is 9.06. The SMILES string of the molecule is COc1ccc2ncc(CN3CCOCC3)c([C@H](O)CCC3(C(=O)NO)CCN(CCNc4cc(F)cc(F)c4F)CC3)c2c1. The highest BCUT2D eigenvalue weighted by atomic mass is 19.2. The average molecular weight is 632 g/mol. The van der Waals surface area contributed by atoms with Crippen LogP contribution in [-0.2, 0) is 16.1 Å². The number of morpholine rings is 1. The number of halogens is 3. The second kappa shape index (κ2) is 14.7. The van der Waals surface area contributed by atoms with Crippen molar-refractivity contribution in [2.45, 2.75) is 38.3 Å². The summed E-state index contributed by atoms with van der Waals surface area (Å²) in [6.45, 7) is 5.10. The Hall–Kier alpha value is -3.49. The average Bonchev–Trinajstić information content (AvgIpc) is 3.06. The molecule has 3 heterocycles. The van der Waals surface area contributed by atoms with Gasteiger partial charge in [-0.05, 0) is 68.1 Å². The van der Waals surface area contributed by atoms with Crippen LogP contribution in [0.15, 0.2) is 36.5 Å². The normalized spacial score (nSPS) is 18.1. The Balaban J connectivity index is 1.27. The molecule has 0 spiro atoms. The maximum absolute atomic E-state index is 14.0. The van der Waals surface area contributed by atoms with Crippen molar-refractivity contribution in [2.75, 3.05) is 64.9 Å². The van der Waals surface area contributed by atoms with E-state index in [2.05, 4.69) is 20.1 Å². The number of methoxy groups -OCH3 is 1. The number of hydrogen-bond donors (Lipinski definition) is 4. The van der Waals surface area contributed by atoms with Gasteiger partial charge in [-0.2, -0.15) is 0 Å². The minimum atomic E-state index is -1.26. The van der Waals surface area contributed by atoms with E-state index in [9.17, 15) is 28.3 Å². The molecule has 13 heteroatoms. The van der Waals surface area contributed by atoms with E-state index >= 15 is 0 Å². The number of piperidine rings is 1. The first kappa shape index (κ1) is 32.9. The van der Waals surface area contributed by atoms with Gasteiger partial charge in [0.05, 0.1) is 43.0 Å². The van der Waals surface area contributed by atoms with E-state index in [0.717, 1.165) is 41.2 Å². The number of fused-ring (bicyclic) bond motifs is 1. The molecule has 1 aromatic heterocycles. The van der Waals surface area contributed by atoms with Crippen molar-refractivity contribution in [3.05, 3.63) is 65.1 Å². The molecule has 2 aromatic carbocycles. The van der Waals surface area contributed by atoms with Crippen LogP contribution in [-0.4, -0.2) is 90.6 Å². The lowest BCUT2D eigenvalue weighted by Gasteiger charge is -2.40. The number of ether oxygens (including phenoxy) is 2. The van der Waals surface area contributed by atoms with Gasteiger partial charge in [-0.1, -0.05) is 0 Å². The van der Waals surface area contributed by atoms with E-state index in [0.29, 0.717) is 70.5 Å². The van der Waals surface area contributed by atoms with Gasteiger partial charge < -0.3 is 24.8 Å². The van der Waals surface area contributed by atoms with Gasteiger partial charge in [0.2, 0.25) is 5.91 Å². The molecule has 2 saturated heterocycles. The summed E-state index contributed by atoms with van der Waals surface area (Å²) >= 11 is 0. The number of carbonyl (C=O) groups is 1. The lowest BCUT2D eigenvalue weighted by atomic mass is 9.73. The number of pyridine rings is 1. The Kier molecular flexibility index (Phi) is 10.8. The second-order valence-corrected chi connectivity index (χ2v) is 11.8. The van der Waals surface area contributed by atoms with E-state index < -0.39 is 34.9 Å². The number of nitrogens with zero attached hydrogens (tertiary/aromatic N) is 3. The second-order valence-electron chi connectivity index (χ2n) is 11.8. The number of hydroxylamine groups is 1. The van der Waals surface area contributed by atoms with Gasteiger partial charge >= 0.3 is 0 Å². The summed E-state index contributed by atoms with van der Waals surface area (Å²) < 4.78 is 52.0. The quantitative estimate of drug-likeness (QED) is 0.134. The summed E-state index contributed by atoms with van der Waals surface area (Å²) in [4.78, 5) is 22.0. The smallest absolute Gasteiger partial charge is 0.249 e. The molecule has 1 amide bonds. The molecule has 0 saturated carbocycles. The molecule has 10 nitrogen and oxygen atoms in total. The number of amides is 1. The fourth-order valence-electron chi connectivity index (χ4n) is 6.38. The summed E-state index contributed by atoms with van der Waals surface area (Å²) in [7, 11) is 1.58. The predicted octanol–water partition coefficient (Wildman–Crippen LogP) is 4.01. The zero-order valence-electron chi connectivity index (χ0n) is 25.3. The predicted molar refractivity (Wildman–Crippen MR) is 161 cm³/mol. The minimum absolute atomic E-state index is 0.238. The van der Waals surface area contributed by atoms with E-state index in [1.165, 1.54) is 0 Å². The Morgan fingerprint density at radius 3 is 2.58 bits per heavy atom. The molecular formula is C32H40F3N5O5. The zero-order valence-corrected chi connectivity index (χ0v) is 25.3. The monoisotopic (exact) mass is 631 g/mol. The van der Waals surface area contributed by atoms with Crippen LogP contribution in [0.4, 0.5) is 18.9 Å². The van der Waals surface area contributed by atoms with Crippen LogP contribution in [0.5, 0.6) is 5.75 Å². The summed E-state index contributed by atoms with van der Waals surface area (Å²) in [5.41, 5.74) is 3.03. The van der Waals surface area contributed by atoms with Crippen LogP contribution < -0.4 is 15.5 Å². The molecule has 2 aliphatic rings. The number of aliphatic hydroxyl groups is 1. The molecule has 2 fully saturated rings. The van der Waals surface area contributed by atoms with E-state index in [1.807, 2.05) is 23.7 Å². The van der Waals surface area contributed by atoms with Gasteiger partial charge in [-0.15, -0.1) is 0 Å². The van der Waals surface area contributed by atoms with Crippen LogP contribution in [0.2, 0.25) is 0 Å². The number of hydrogen-bond acceptors (Lipinski definition) is 9. The first-order valence-corrected chi connectivity index (χ1v) is 15.2. The van der Waals surface area contributed by atoms with E-state index in [4.69, 9.17) is 9.47 Å². The summed E-state index contributed by atoms with van der Waals surface area (Å²) in [6, 6.07) is 6.95. The van der Waals surface area contributed by atoms with Gasteiger partial charge in [0.1, 0.15) is 11.6 Å². The number of benzene rings is 2. The van der Waals surface area contributed by atoms with Gasteiger partial charge in [-0.25, -0.2) is 18.7 Å². The van der Waals surface area contributed by atoms with Crippen LogP contribution in [0, 0.1) is 22.9 Å². The Labute approximate surface area is 260 Å². The largest absolute Gasteiger partial charge is 0.497 e. The molecule has 0 unspecified atom stereocenters. The van der Waals surface area contributed by atoms with Crippen molar-refractivity contribution in [1.29, 1.82) is 0 Å². The molecule has 3 aromatic rings. The molecule has 4 N–H and O–H groups in total. The maximum Gasteiger partial charge on any atom is 0.249 e. The third kappa shape index (κ3) is 7.67. The molecule has 5 rings (SSSR count). The lowest BCUT2D eigenvalue weighted by molar-refractivity contribution is -0.143. The van der Waals surface area contributed by atoms with Crippen molar-refractivity contribution in [3.8, 4) is 5.75 Å². The number of aliphatic hydroxyl groups excluding tert-OH is 1. The highest BCUT2D eigenvalue weighted by Gasteiger charge is 2.41. The Morgan fingerprint density at radius 2 is 1.87 bits per heavy atom.